The van der Waals surface area contributed by atoms with Gasteiger partial charge in [-0.1, -0.05) is 17.7 Å². The molecule has 1 aromatic rings. The van der Waals surface area contributed by atoms with Crippen LogP contribution in [0.25, 0.3) is 0 Å². The van der Waals surface area contributed by atoms with Crippen LogP contribution in [-0.4, -0.2) is 25.1 Å². The SMILES string of the molecule is Cc1cc(C)c(NC(=O)NC2=NCCN2)c(C)c1.Cl. The van der Waals surface area contributed by atoms with Crippen LogP contribution in [0.1, 0.15) is 16.7 Å². The van der Waals surface area contributed by atoms with E-state index in [9.17, 15) is 4.79 Å². The molecule has 0 spiro atoms. The maximum atomic E-state index is 11.8. The summed E-state index contributed by atoms with van der Waals surface area (Å²) in [6, 6.07) is 3.83. The van der Waals surface area contributed by atoms with Crippen LogP contribution in [0.2, 0.25) is 0 Å². The zero-order valence-electron chi connectivity index (χ0n) is 11.3. The molecule has 1 heterocycles. The van der Waals surface area contributed by atoms with Gasteiger partial charge in [0.2, 0.25) is 0 Å². The van der Waals surface area contributed by atoms with Gasteiger partial charge in [0.15, 0.2) is 5.96 Å². The molecule has 1 aliphatic heterocycles. The maximum Gasteiger partial charge on any atom is 0.326 e. The van der Waals surface area contributed by atoms with E-state index in [1.807, 2.05) is 32.9 Å². The number of halogens is 1. The lowest BCUT2D eigenvalue weighted by Gasteiger charge is -2.13. The van der Waals surface area contributed by atoms with Gasteiger partial charge in [-0.15, -0.1) is 12.4 Å². The fraction of sp³-hybridized carbons (Fsp3) is 0.385. The van der Waals surface area contributed by atoms with Crippen molar-refractivity contribution in [2.45, 2.75) is 20.8 Å². The molecule has 0 radical (unpaired) electrons. The number of hydrogen-bond donors (Lipinski definition) is 3. The van der Waals surface area contributed by atoms with Crippen molar-refractivity contribution >= 4 is 30.1 Å². The lowest BCUT2D eigenvalue weighted by atomic mass is 10.1. The first-order valence-corrected chi connectivity index (χ1v) is 6.00. The monoisotopic (exact) mass is 282 g/mol. The molecule has 3 N–H and O–H groups in total. The Kier molecular flexibility index (Phi) is 5.18. The lowest BCUT2D eigenvalue weighted by Crippen LogP contribution is -2.40. The van der Waals surface area contributed by atoms with Crippen LogP contribution in [0.15, 0.2) is 17.1 Å². The van der Waals surface area contributed by atoms with Crippen molar-refractivity contribution in [3.8, 4) is 0 Å². The number of carbonyl (C=O) groups excluding carboxylic acids is 1. The van der Waals surface area contributed by atoms with Crippen LogP contribution in [0.4, 0.5) is 10.5 Å². The Labute approximate surface area is 119 Å². The summed E-state index contributed by atoms with van der Waals surface area (Å²) in [4.78, 5) is 15.9. The van der Waals surface area contributed by atoms with Crippen molar-refractivity contribution < 1.29 is 4.79 Å². The van der Waals surface area contributed by atoms with Gasteiger partial charge in [0.05, 0.1) is 6.54 Å². The molecule has 2 amide bonds. The largest absolute Gasteiger partial charge is 0.354 e. The summed E-state index contributed by atoms with van der Waals surface area (Å²) in [6.07, 6.45) is 0. The minimum Gasteiger partial charge on any atom is -0.354 e. The summed E-state index contributed by atoms with van der Waals surface area (Å²) in [6.45, 7) is 7.50. The normalized spacial score (nSPS) is 13.1. The molecule has 2 rings (SSSR count). The van der Waals surface area contributed by atoms with Crippen LogP contribution < -0.4 is 16.0 Å². The molecule has 19 heavy (non-hydrogen) atoms. The number of hydrogen-bond acceptors (Lipinski definition) is 3. The van der Waals surface area contributed by atoms with Gasteiger partial charge in [-0.2, -0.15) is 0 Å². The molecule has 6 heteroatoms. The molecule has 0 saturated carbocycles. The van der Waals surface area contributed by atoms with Gasteiger partial charge in [-0.05, 0) is 31.9 Å². The zero-order valence-corrected chi connectivity index (χ0v) is 12.1. The van der Waals surface area contributed by atoms with E-state index < -0.39 is 0 Å². The van der Waals surface area contributed by atoms with E-state index in [2.05, 4.69) is 20.9 Å². The Morgan fingerprint density at radius 3 is 2.37 bits per heavy atom. The van der Waals surface area contributed by atoms with E-state index in [-0.39, 0.29) is 18.4 Å². The summed E-state index contributed by atoms with van der Waals surface area (Å²) < 4.78 is 0. The molecule has 5 nitrogen and oxygen atoms in total. The number of rotatable bonds is 1. The van der Waals surface area contributed by atoms with Crippen LogP contribution in [0, 0.1) is 20.8 Å². The van der Waals surface area contributed by atoms with Crippen molar-refractivity contribution in [2.75, 3.05) is 18.4 Å². The highest BCUT2D eigenvalue weighted by atomic mass is 35.5. The van der Waals surface area contributed by atoms with E-state index in [0.717, 1.165) is 23.4 Å². The number of carbonyl (C=O) groups is 1. The number of urea groups is 1. The zero-order chi connectivity index (χ0) is 13.1. The number of guanidine groups is 1. The van der Waals surface area contributed by atoms with Crippen LogP contribution in [0.3, 0.4) is 0 Å². The molecule has 0 unspecified atom stereocenters. The smallest absolute Gasteiger partial charge is 0.326 e. The molecular formula is C13H19ClN4O. The Hall–Kier alpha value is -1.75. The molecule has 0 aliphatic carbocycles. The highest BCUT2D eigenvalue weighted by Gasteiger charge is 2.11. The molecule has 0 atom stereocenters. The third kappa shape index (κ3) is 3.86. The third-order valence-electron chi connectivity index (χ3n) is 2.82. The standard InChI is InChI=1S/C13H18N4O.ClH/c1-8-6-9(2)11(10(3)7-8)16-13(18)17-12-14-4-5-15-12;/h6-7H,4-5H2,1-3H3,(H3,14,15,16,17,18);1H. The minimum atomic E-state index is -0.266. The summed E-state index contributed by atoms with van der Waals surface area (Å²) in [7, 11) is 0. The van der Waals surface area contributed by atoms with Crippen LogP contribution in [-0.2, 0) is 0 Å². The predicted molar refractivity (Wildman–Crippen MR) is 80.4 cm³/mol. The van der Waals surface area contributed by atoms with Gasteiger partial charge in [0.1, 0.15) is 0 Å². The van der Waals surface area contributed by atoms with Gasteiger partial charge in [-0.25, -0.2) is 4.79 Å². The highest BCUT2D eigenvalue weighted by molar-refractivity contribution is 6.03. The summed E-state index contributed by atoms with van der Waals surface area (Å²) >= 11 is 0. The van der Waals surface area contributed by atoms with E-state index in [1.54, 1.807) is 0 Å². The van der Waals surface area contributed by atoms with Crippen molar-refractivity contribution in [3.63, 3.8) is 0 Å². The molecule has 0 saturated heterocycles. The molecule has 0 aromatic heterocycles. The maximum absolute atomic E-state index is 11.8. The second-order valence-corrected chi connectivity index (χ2v) is 4.51. The Morgan fingerprint density at radius 1 is 1.21 bits per heavy atom. The highest BCUT2D eigenvalue weighted by Crippen LogP contribution is 2.21. The topological polar surface area (TPSA) is 65.5 Å². The van der Waals surface area contributed by atoms with Crippen molar-refractivity contribution in [1.29, 1.82) is 0 Å². The molecular weight excluding hydrogens is 264 g/mol. The summed E-state index contributed by atoms with van der Waals surface area (Å²) in [5, 5.41) is 8.54. The first-order chi connectivity index (χ1) is 8.56. The first kappa shape index (κ1) is 15.3. The number of aryl methyl sites for hydroxylation is 3. The van der Waals surface area contributed by atoms with E-state index in [0.29, 0.717) is 12.5 Å². The minimum absolute atomic E-state index is 0. The van der Waals surface area contributed by atoms with E-state index >= 15 is 0 Å². The van der Waals surface area contributed by atoms with Gasteiger partial charge in [0, 0.05) is 12.2 Å². The van der Waals surface area contributed by atoms with Gasteiger partial charge < -0.3 is 10.6 Å². The van der Waals surface area contributed by atoms with Crippen LogP contribution >= 0.6 is 12.4 Å². The lowest BCUT2D eigenvalue weighted by molar-refractivity contribution is 0.256. The van der Waals surface area contributed by atoms with Crippen molar-refractivity contribution in [1.82, 2.24) is 10.6 Å². The Balaban J connectivity index is 0.00000180. The Morgan fingerprint density at radius 2 is 1.84 bits per heavy atom. The number of nitrogens with zero attached hydrogens (tertiary/aromatic N) is 1. The average Bonchev–Trinajstić information content (AvgIpc) is 2.76. The van der Waals surface area contributed by atoms with Crippen molar-refractivity contribution in [2.24, 2.45) is 4.99 Å². The number of anilines is 1. The summed E-state index contributed by atoms with van der Waals surface area (Å²) in [5.41, 5.74) is 4.17. The molecule has 0 fully saturated rings. The predicted octanol–water partition coefficient (Wildman–Crippen LogP) is 2.11. The number of amides is 2. The number of aliphatic imine (C=N–C) groups is 1. The van der Waals surface area contributed by atoms with Gasteiger partial charge in [-0.3, -0.25) is 10.3 Å². The number of benzene rings is 1. The fourth-order valence-corrected chi connectivity index (χ4v) is 2.11. The summed E-state index contributed by atoms with van der Waals surface area (Å²) in [5.74, 6) is 0.537. The molecule has 104 valence electrons. The first-order valence-electron chi connectivity index (χ1n) is 6.00. The number of nitrogens with one attached hydrogen (secondary N) is 3. The molecule has 1 aromatic carbocycles. The average molecular weight is 283 g/mol. The van der Waals surface area contributed by atoms with E-state index in [4.69, 9.17) is 0 Å². The van der Waals surface area contributed by atoms with E-state index in [1.165, 1.54) is 5.56 Å². The second-order valence-electron chi connectivity index (χ2n) is 4.51. The van der Waals surface area contributed by atoms with Crippen LogP contribution in [0.5, 0.6) is 0 Å². The quantitative estimate of drug-likeness (QED) is 0.739. The van der Waals surface area contributed by atoms with Gasteiger partial charge in [0.25, 0.3) is 0 Å². The fourth-order valence-electron chi connectivity index (χ4n) is 2.11. The molecule has 0 bridgehead atoms. The third-order valence-corrected chi connectivity index (χ3v) is 2.82. The van der Waals surface area contributed by atoms with Crippen molar-refractivity contribution in [3.05, 3.63) is 28.8 Å². The second kappa shape index (κ2) is 6.43. The van der Waals surface area contributed by atoms with Gasteiger partial charge >= 0.3 is 6.03 Å². The Bertz CT molecular complexity index is 490. The molecule has 1 aliphatic rings.